The number of imide groups is 1. The Morgan fingerprint density at radius 2 is 2.10 bits per heavy atom. The van der Waals surface area contributed by atoms with Gasteiger partial charge >= 0.3 is 6.03 Å². The lowest BCUT2D eigenvalue weighted by Crippen LogP contribution is -2.24. The fourth-order valence-electron chi connectivity index (χ4n) is 2.26. The molecule has 0 radical (unpaired) electrons. The Kier molecular flexibility index (Phi) is 3.92. The number of hydrogen-bond acceptors (Lipinski definition) is 3. The standard InChI is InChI=1S/C14H20N4O2/c1-9(2)7-17-10(3)5-12(11(17)4)6-15-18-8-13(19)16-14(18)20/h5-6,9H,7-8H2,1-4H3,(H,16,19,20)/b15-6-. The molecule has 0 spiro atoms. The van der Waals surface area contributed by atoms with Gasteiger partial charge in [0, 0.05) is 23.5 Å². The van der Waals surface area contributed by atoms with Gasteiger partial charge in [-0.15, -0.1) is 0 Å². The molecule has 0 aromatic carbocycles. The Morgan fingerprint density at radius 3 is 2.65 bits per heavy atom. The van der Waals surface area contributed by atoms with Gasteiger partial charge in [0.05, 0.1) is 6.21 Å². The molecule has 0 bridgehead atoms. The van der Waals surface area contributed by atoms with E-state index in [1.54, 1.807) is 6.21 Å². The average Bonchev–Trinajstić information content (AvgIpc) is 2.80. The maximum Gasteiger partial charge on any atom is 0.344 e. The highest BCUT2D eigenvalue weighted by molar-refractivity contribution is 6.02. The summed E-state index contributed by atoms with van der Waals surface area (Å²) >= 11 is 0. The minimum absolute atomic E-state index is 0.0138. The Hall–Kier alpha value is -2.11. The second kappa shape index (κ2) is 5.48. The third-order valence-corrected chi connectivity index (χ3v) is 3.27. The summed E-state index contributed by atoms with van der Waals surface area (Å²) in [4.78, 5) is 22.5. The van der Waals surface area contributed by atoms with Gasteiger partial charge < -0.3 is 4.57 Å². The van der Waals surface area contributed by atoms with Crippen LogP contribution >= 0.6 is 0 Å². The topological polar surface area (TPSA) is 66.7 Å². The monoisotopic (exact) mass is 276 g/mol. The van der Waals surface area contributed by atoms with E-state index in [1.165, 1.54) is 5.69 Å². The van der Waals surface area contributed by atoms with Crippen molar-refractivity contribution in [3.8, 4) is 0 Å². The predicted molar refractivity (Wildman–Crippen MR) is 76.6 cm³/mol. The number of nitrogens with zero attached hydrogens (tertiary/aromatic N) is 3. The summed E-state index contributed by atoms with van der Waals surface area (Å²) in [5, 5.41) is 7.41. The molecule has 1 aromatic heterocycles. The first kappa shape index (κ1) is 14.3. The van der Waals surface area contributed by atoms with Gasteiger partial charge in [-0.05, 0) is 25.8 Å². The van der Waals surface area contributed by atoms with Crippen LogP contribution in [0, 0.1) is 19.8 Å². The van der Waals surface area contributed by atoms with Crippen molar-refractivity contribution in [3.05, 3.63) is 23.0 Å². The second-order valence-electron chi connectivity index (χ2n) is 5.49. The van der Waals surface area contributed by atoms with E-state index >= 15 is 0 Å². The summed E-state index contributed by atoms with van der Waals surface area (Å²) < 4.78 is 2.24. The summed E-state index contributed by atoms with van der Waals surface area (Å²) in [5.74, 6) is 0.240. The minimum Gasteiger partial charge on any atom is -0.348 e. The lowest BCUT2D eigenvalue weighted by Gasteiger charge is -2.12. The van der Waals surface area contributed by atoms with Gasteiger partial charge in [0.15, 0.2) is 0 Å². The first-order chi connectivity index (χ1) is 9.38. The molecule has 108 valence electrons. The number of aromatic nitrogens is 1. The summed E-state index contributed by atoms with van der Waals surface area (Å²) in [6.45, 7) is 9.37. The number of carbonyl (C=O) groups excluding carboxylic acids is 2. The number of hydrazone groups is 1. The fraction of sp³-hybridized carbons (Fsp3) is 0.500. The van der Waals surface area contributed by atoms with Crippen LogP contribution in [0.25, 0.3) is 0 Å². The van der Waals surface area contributed by atoms with Crippen molar-refractivity contribution in [2.24, 2.45) is 11.0 Å². The number of carbonyl (C=O) groups is 2. The number of nitrogens with one attached hydrogen (secondary N) is 1. The Bertz CT molecular complexity index is 572. The Labute approximate surface area is 118 Å². The number of amides is 3. The number of urea groups is 1. The molecule has 0 saturated carbocycles. The molecule has 20 heavy (non-hydrogen) atoms. The van der Waals surface area contributed by atoms with Crippen LogP contribution in [0.3, 0.4) is 0 Å². The van der Waals surface area contributed by atoms with Crippen LogP contribution in [-0.4, -0.2) is 34.3 Å². The quantitative estimate of drug-likeness (QED) is 0.671. The molecule has 3 amide bonds. The summed E-state index contributed by atoms with van der Waals surface area (Å²) in [5.41, 5.74) is 3.25. The highest BCUT2D eigenvalue weighted by Crippen LogP contribution is 2.15. The van der Waals surface area contributed by atoms with Gasteiger partial charge in [-0.3, -0.25) is 10.1 Å². The lowest BCUT2D eigenvalue weighted by molar-refractivity contribution is -0.118. The lowest BCUT2D eigenvalue weighted by atomic mass is 10.2. The molecule has 0 aliphatic carbocycles. The smallest absolute Gasteiger partial charge is 0.344 e. The van der Waals surface area contributed by atoms with Crippen molar-refractivity contribution < 1.29 is 9.59 Å². The Morgan fingerprint density at radius 1 is 1.40 bits per heavy atom. The van der Waals surface area contributed by atoms with E-state index in [0.29, 0.717) is 5.92 Å². The van der Waals surface area contributed by atoms with Crippen molar-refractivity contribution in [1.29, 1.82) is 0 Å². The third kappa shape index (κ3) is 2.89. The largest absolute Gasteiger partial charge is 0.348 e. The van der Waals surface area contributed by atoms with Crippen LogP contribution in [0.4, 0.5) is 4.79 Å². The van der Waals surface area contributed by atoms with E-state index in [4.69, 9.17) is 0 Å². The first-order valence-corrected chi connectivity index (χ1v) is 6.70. The van der Waals surface area contributed by atoms with Crippen LogP contribution in [0.15, 0.2) is 11.2 Å². The average molecular weight is 276 g/mol. The van der Waals surface area contributed by atoms with Crippen molar-refractivity contribution in [2.75, 3.05) is 6.54 Å². The maximum absolute atomic E-state index is 11.4. The molecular weight excluding hydrogens is 256 g/mol. The molecule has 1 aromatic rings. The molecular formula is C14H20N4O2. The molecule has 0 unspecified atom stereocenters. The zero-order valence-corrected chi connectivity index (χ0v) is 12.3. The van der Waals surface area contributed by atoms with Crippen LogP contribution < -0.4 is 5.32 Å². The molecule has 6 nitrogen and oxygen atoms in total. The second-order valence-corrected chi connectivity index (χ2v) is 5.49. The third-order valence-electron chi connectivity index (χ3n) is 3.27. The molecule has 2 heterocycles. The molecule has 0 atom stereocenters. The summed E-state index contributed by atoms with van der Waals surface area (Å²) in [7, 11) is 0. The van der Waals surface area contributed by atoms with Gasteiger partial charge in [-0.25, -0.2) is 9.80 Å². The van der Waals surface area contributed by atoms with Gasteiger partial charge in [0.1, 0.15) is 6.54 Å². The van der Waals surface area contributed by atoms with E-state index in [2.05, 4.69) is 35.8 Å². The summed E-state index contributed by atoms with van der Waals surface area (Å²) in [6.07, 6.45) is 1.64. The van der Waals surface area contributed by atoms with E-state index < -0.39 is 6.03 Å². The van der Waals surface area contributed by atoms with E-state index in [9.17, 15) is 9.59 Å². The maximum atomic E-state index is 11.4. The highest BCUT2D eigenvalue weighted by Gasteiger charge is 2.26. The molecule has 1 fully saturated rings. The zero-order valence-electron chi connectivity index (χ0n) is 12.3. The molecule has 6 heteroatoms. The van der Waals surface area contributed by atoms with E-state index in [1.807, 2.05) is 13.0 Å². The Balaban J connectivity index is 2.18. The van der Waals surface area contributed by atoms with E-state index in [-0.39, 0.29) is 12.5 Å². The fourth-order valence-corrected chi connectivity index (χ4v) is 2.26. The number of aryl methyl sites for hydroxylation is 1. The molecule has 1 saturated heterocycles. The van der Waals surface area contributed by atoms with Crippen LogP contribution in [0.5, 0.6) is 0 Å². The van der Waals surface area contributed by atoms with E-state index in [0.717, 1.165) is 22.8 Å². The normalized spacial score (nSPS) is 15.8. The highest BCUT2D eigenvalue weighted by atomic mass is 16.2. The van der Waals surface area contributed by atoms with Crippen molar-refractivity contribution in [3.63, 3.8) is 0 Å². The molecule has 1 N–H and O–H groups in total. The number of rotatable bonds is 4. The van der Waals surface area contributed by atoms with Crippen LogP contribution in [0.1, 0.15) is 30.8 Å². The van der Waals surface area contributed by atoms with Crippen molar-refractivity contribution in [2.45, 2.75) is 34.2 Å². The van der Waals surface area contributed by atoms with Crippen molar-refractivity contribution in [1.82, 2.24) is 14.9 Å². The van der Waals surface area contributed by atoms with Crippen molar-refractivity contribution >= 4 is 18.2 Å². The minimum atomic E-state index is -0.470. The van der Waals surface area contributed by atoms with Gasteiger partial charge in [-0.2, -0.15) is 5.10 Å². The SMILES string of the molecule is Cc1cc(/C=N\N2CC(=O)NC2=O)c(C)n1CC(C)C. The molecule has 2 rings (SSSR count). The molecule has 1 aliphatic heterocycles. The van der Waals surface area contributed by atoms with Crippen LogP contribution in [-0.2, 0) is 11.3 Å². The number of hydrogen-bond donors (Lipinski definition) is 1. The predicted octanol–water partition coefficient (Wildman–Crippen LogP) is 1.65. The van der Waals surface area contributed by atoms with Gasteiger partial charge in [-0.1, -0.05) is 13.8 Å². The van der Waals surface area contributed by atoms with Gasteiger partial charge in [0.2, 0.25) is 5.91 Å². The zero-order chi connectivity index (χ0) is 14.9. The summed E-state index contributed by atoms with van der Waals surface area (Å²) in [6, 6.07) is 1.57. The first-order valence-electron chi connectivity index (χ1n) is 6.70. The van der Waals surface area contributed by atoms with Gasteiger partial charge in [0.25, 0.3) is 0 Å². The van der Waals surface area contributed by atoms with Crippen LogP contribution in [0.2, 0.25) is 0 Å². The molecule has 1 aliphatic rings.